The number of hydrogen-bond acceptors (Lipinski definition) is 2. The molecule has 1 aliphatic heterocycles. The summed E-state index contributed by atoms with van der Waals surface area (Å²) in [6, 6.07) is 3.03. The monoisotopic (exact) mass is 195 g/mol. The van der Waals surface area contributed by atoms with Gasteiger partial charge < -0.3 is 0 Å². The minimum absolute atomic E-state index is 0.746. The van der Waals surface area contributed by atoms with Crippen LogP contribution in [0.15, 0.2) is 11.4 Å². The van der Waals surface area contributed by atoms with Crippen molar-refractivity contribution in [1.29, 1.82) is 0 Å². The van der Waals surface area contributed by atoms with Crippen LogP contribution in [0.25, 0.3) is 0 Å². The van der Waals surface area contributed by atoms with E-state index in [2.05, 4.69) is 30.2 Å². The van der Waals surface area contributed by atoms with Crippen LogP contribution in [-0.2, 0) is 13.0 Å². The molecule has 13 heavy (non-hydrogen) atoms. The van der Waals surface area contributed by atoms with Gasteiger partial charge in [-0.15, -0.1) is 11.3 Å². The van der Waals surface area contributed by atoms with Gasteiger partial charge in [0.2, 0.25) is 0 Å². The summed E-state index contributed by atoms with van der Waals surface area (Å²) < 4.78 is 0. The Morgan fingerprint density at radius 1 is 1.62 bits per heavy atom. The first kappa shape index (κ1) is 9.22. The molecular weight excluding hydrogens is 178 g/mol. The predicted octanol–water partition coefficient (Wildman–Crippen LogP) is 2.90. The van der Waals surface area contributed by atoms with E-state index in [1.54, 1.807) is 10.4 Å². The highest BCUT2D eigenvalue weighted by Crippen LogP contribution is 2.25. The third kappa shape index (κ3) is 1.79. The summed E-state index contributed by atoms with van der Waals surface area (Å²) in [5, 5.41) is 2.23. The molecule has 0 radical (unpaired) electrons. The van der Waals surface area contributed by atoms with Crippen LogP contribution in [0.4, 0.5) is 0 Å². The summed E-state index contributed by atoms with van der Waals surface area (Å²) in [5.41, 5.74) is 1.59. The Morgan fingerprint density at radius 2 is 2.46 bits per heavy atom. The highest BCUT2D eigenvalue weighted by molar-refractivity contribution is 7.10. The SMILES string of the molecule is CCC(C)N1CCc2ccsc2C1. The van der Waals surface area contributed by atoms with Crippen LogP contribution in [-0.4, -0.2) is 17.5 Å². The van der Waals surface area contributed by atoms with Crippen molar-refractivity contribution in [2.45, 2.75) is 39.3 Å². The second-order valence-corrected chi connectivity index (χ2v) is 4.85. The van der Waals surface area contributed by atoms with E-state index in [1.165, 1.54) is 25.9 Å². The summed E-state index contributed by atoms with van der Waals surface area (Å²) in [5.74, 6) is 0. The van der Waals surface area contributed by atoms with Gasteiger partial charge in [0.25, 0.3) is 0 Å². The van der Waals surface area contributed by atoms with E-state index in [4.69, 9.17) is 0 Å². The summed E-state index contributed by atoms with van der Waals surface area (Å²) in [6.45, 7) is 7.04. The highest BCUT2D eigenvalue weighted by atomic mass is 32.1. The van der Waals surface area contributed by atoms with Gasteiger partial charge >= 0.3 is 0 Å². The number of hydrogen-bond donors (Lipinski definition) is 0. The fourth-order valence-electron chi connectivity index (χ4n) is 1.89. The van der Waals surface area contributed by atoms with Crippen molar-refractivity contribution >= 4 is 11.3 Å². The van der Waals surface area contributed by atoms with E-state index in [0.717, 1.165) is 6.04 Å². The molecule has 1 atom stereocenters. The molecule has 0 bridgehead atoms. The van der Waals surface area contributed by atoms with E-state index in [0.29, 0.717) is 0 Å². The van der Waals surface area contributed by atoms with Gasteiger partial charge in [0, 0.05) is 24.0 Å². The van der Waals surface area contributed by atoms with Crippen LogP contribution < -0.4 is 0 Å². The molecule has 1 aromatic rings. The largest absolute Gasteiger partial charge is 0.295 e. The fraction of sp³-hybridized carbons (Fsp3) is 0.636. The van der Waals surface area contributed by atoms with Gasteiger partial charge in [-0.2, -0.15) is 0 Å². The van der Waals surface area contributed by atoms with Crippen molar-refractivity contribution in [3.05, 3.63) is 21.9 Å². The Hall–Kier alpha value is -0.340. The highest BCUT2D eigenvalue weighted by Gasteiger charge is 2.19. The summed E-state index contributed by atoms with van der Waals surface area (Å²) in [7, 11) is 0. The lowest BCUT2D eigenvalue weighted by atomic mass is 10.1. The lowest BCUT2D eigenvalue weighted by Gasteiger charge is -2.31. The van der Waals surface area contributed by atoms with Crippen LogP contribution in [0.3, 0.4) is 0 Å². The molecule has 0 spiro atoms. The molecule has 1 nitrogen and oxygen atoms in total. The van der Waals surface area contributed by atoms with Crippen LogP contribution in [0.2, 0.25) is 0 Å². The van der Waals surface area contributed by atoms with E-state index in [1.807, 2.05) is 11.3 Å². The zero-order valence-corrected chi connectivity index (χ0v) is 9.23. The zero-order valence-electron chi connectivity index (χ0n) is 8.42. The van der Waals surface area contributed by atoms with Gasteiger partial charge in [-0.1, -0.05) is 6.92 Å². The van der Waals surface area contributed by atoms with Crippen molar-refractivity contribution in [2.75, 3.05) is 6.54 Å². The maximum atomic E-state index is 2.60. The Balaban J connectivity index is 2.08. The van der Waals surface area contributed by atoms with Gasteiger partial charge in [0.15, 0.2) is 0 Å². The van der Waals surface area contributed by atoms with Crippen molar-refractivity contribution in [3.63, 3.8) is 0 Å². The van der Waals surface area contributed by atoms with Crippen molar-refractivity contribution in [2.24, 2.45) is 0 Å². The van der Waals surface area contributed by atoms with Crippen molar-refractivity contribution in [3.8, 4) is 0 Å². The molecule has 1 unspecified atom stereocenters. The number of nitrogens with zero attached hydrogens (tertiary/aromatic N) is 1. The minimum atomic E-state index is 0.746. The van der Waals surface area contributed by atoms with Crippen LogP contribution in [0.5, 0.6) is 0 Å². The molecule has 1 aliphatic rings. The van der Waals surface area contributed by atoms with Gasteiger partial charge in [-0.3, -0.25) is 4.90 Å². The fourth-order valence-corrected chi connectivity index (χ4v) is 2.85. The van der Waals surface area contributed by atoms with Crippen LogP contribution >= 0.6 is 11.3 Å². The molecule has 0 amide bonds. The second-order valence-electron chi connectivity index (χ2n) is 3.85. The third-order valence-corrected chi connectivity index (χ3v) is 4.01. The maximum Gasteiger partial charge on any atom is 0.0333 e. The standard InChI is InChI=1S/C11H17NS/c1-3-9(2)12-6-4-10-5-7-13-11(10)8-12/h5,7,9H,3-4,6,8H2,1-2H3. The quantitative estimate of drug-likeness (QED) is 0.701. The Bertz CT molecular complexity index is 279. The molecular formula is C11H17NS. The van der Waals surface area contributed by atoms with Gasteiger partial charge in [-0.05, 0) is 36.8 Å². The molecule has 2 heterocycles. The average Bonchev–Trinajstić information content (AvgIpc) is 2.63. The van der Waals surface area contributed by atoms with E-state index >= 15 is 0 Å². The van der Waals surface area contributed by atoms with Crippen molar-refractivity contribution in [1.82, 2.24) is 4.90 Å². The molecule has 72 valence electrons. The third-order valence-electron chi connectivity index (χ3n) is 3.07. The lowest BCUT2D eigenvalue weighted by molar-refractivity contribution is 0.189. The molecule has 0 saturated heterocycles. The smallest absolute Gasteiger partial charge is 0.0333 e. The number of thiophene rings is 1. The molecule has 2 heteroatoms. The number of fused-ring (bicyclic) bond motifs is 1. The van der Waals surface area contributed by atoms with Gasteiger partial charge in [0.05, 0.1) is 0 Å². The summed E-state index contributed by atoms with van der Waals surface area (Å²) >= 11 is 1.92. The summed E-state index contributed by atoms with van der Waals surface area (Å²) in [6.07, 6.45) is 2.52. The molecule has 0 N–H and O–H groups in total. The molecule has 0 fully saturated rings. The van der Waals surface area contributed by atoms with Crippen LogP contribution in [0.1, 0.15) is 30.7 Å². The number of rotatable bonds is 2. The molecule has 0 aliphatic carbocycles. The minimum Gasteiger partial charge on any atom is -0.295 e. The van der Waals surface area contributed by atoms with E-state index in [9.17, 15) is 0 Å². The van der Waals surface area contributed by atoms with Crippen LogP contribution in [0, 0.1) is 0 Å². The predicted molar refractivity (Wildman–Crippen MR) is 58.2 cm³/mol. The first-order chi connectivity index (χ1) is 6.31. The van der Waals surface area contributed by atoms with E-state index < -0.39 is 0 Å². The maximum absolute atomic E-state index is 2.60. The lowest BCUT2D eigenvalue weighted by Crippen LogP contribution is -2.36. The molecule has 0 saturated carbocycles. The first-order valence-electron chi connectivity index (χ1n) is 5.10. The van der Waals surface area contributed by atoms with Crippen molar-refractivity contribution < 1.29 is 0 Å². The molecule has 1 aromatic heterocycles. The normalized spacial score (nSPS) is 19.8. The molecule has 2 rings (SSSR count). The van der Waals surface area contributed by atoms with E-state index in [-0.39, 0.29) is 0 Å². The van der Waals surface area contributed by atoms with Gasteiger partial charge in [-0.25, -0.2) is 0 Å². The Morgan fingerprint density at radius 3 is 3.23 bits per heavy atom. The Labute approximate surface area is 84.4 Å². The van der Waals surface area contributed by atoms with Gasteiger partial charge in [0.1, 0.15) is 0 Å². The summed E-state index contributed by atoms with van der Waals surface area (Å²) in [4.78, 5) is 4.19. The topological polar surface area (TPSA) is 3.24 Å². The Kier molecular flexibility index (Phi) is 2.70. The zero-order chi connectivity index (χ0) is 9.26. The second kappa shape index (κ2) is 3.81. The molecule has 0 aromatic carbocycles. The first-order valence-corrected chi connectivity index (χ1v) is 5.98. The average molecular weight is 195 g/mol.